The Morgan fingerprint density at radius 1 is 1.36 bits per heavy atom. The van der Waals surface area contributed by atoms with Gasteiger partial charge in [-0.3, -0.25) is 9.67 Å². The normalized spacial score (nSPS) is 12.9. The van der Waals surface area contributed by atoms with Crippen LogP contribution in [0.15, 0.2) is 17.4 Å². The molecule has 0 aliphatic heterocycles. The number of nitrogens with zero attached hydrogens (tertiary/aromatic N) is 4. The van der Waals surface area contributed by atoms with Gasteiger partial charge in [0, 0.05) is 38.9 Å². The molecule has 1 rings (SSSR count). The van der Waals surface area contributed by atoms with Gasteiger partial charge in [-0.25, -0.2) is 0 Å². The smallest absolute Gasteiger partial charge is 0.191 e. The molecule has 0 fully saturated rings. The maximum Gasteiger partial charge on any atom is 0.191 e. The second kappa shape index (κ2) is 11.7. The van der Waals surface area contributed by atoms with E-state index in [0.29, 0.717) is 0 Å². The molecular weight excluding hydrogens is 391 g/mol. The van der Waals surface area contributed by atoms with Crippen LogP contribution in [0.2, 0.25) is 0 Å². The van der Waals surface area contributed by atoms with Crippen LogP contribution in [0, 0.1) is 0 Å². The van der Waals surface area contributed by atoms with Crippen molar-refractivity contribution in [1.82, 2.24) is 25.3 Å². The van der Waals surface area contributed by atoms with E-state index in [9.17, 15) is 0 Å². The summed E-state index contributed by atoms with van der Waals surface area (Å²) in [6, 6.07) is 0.271. The maximum absolute atomic E-state index is 4.27. The van der Waals surface area contributed by atoms with Crippen LogP contribution in [-0.4, -0.2) is 54.9 Å². The lowest BCUT2D eigenvalue weighted by Gasteiger charge is -2.24. The van der Waals surface area contributed by atoms with Crippen LogP contribution in [0.5, 0.6) is 0 Å². The van der Waals surface area contributed by atoms with Gasteiger partial charge in [0.1, 0.15) is 0 Å². The Hall–Kier alpha value is -0.830. The molecule has 1 unspecified atom stereocenters. The topological polar surface area (TPSA) is 57.5 Å². The Balaban J connectivity index is 0.00000441. The number of halogens is 1. The Kier molecular flexibility index (Phi) is 11.3. The van der Waals surface area contributed by atoms with Crippen molar-refractivity contribution >= 4 is 29.9 Å². The van der Waals surface area contributed by atoms with Crippen LogP contribution in [-0.2, 0) is 7.05 Å². The van der Waals surface area contributed by atoms with Crippen molar-refractivity contribution in [3.63, 3.8) is 0 Å². The Bertz CT molecular complexity index is 429. The van der Waals surface area contributed by atoms with Crippen molar-refractivity contribution in [2.45, 2.75) is 32.2 Å². The maximum atomic E-state index is 4.27. The van der Waals surface area contributed by atoms with Crippen LogP contribution < -0.4 is 10.6 Å². The molecule has 1 atom stereocenters. The quantitative estimate of drug-likeness (QED) is 0.291. The van der Waals surface area contributed by atoms with Gasteiger partial charge in [0.2, 0.25) is 0 Å². The monoisotopic (exact) mass is 422 g/mol. The van der Waals surface area contributed by atoms with Gasteiger partial charge in [-0.2, -0.15) is 5.10 Å². The molecule has 0 radical (unpaired) electrons. The van der Waals surface area contributed by atoms with Crippen LogP contribution >= 0.6 is 24.0 Å². The molecule has 0 spiro atoms. The zero-order valence-electron chi connectivity index (χ0n) is 14.5. The minimum atomic E-state index is 0. The first-order chi connectivity index (χ1) is 10.1. The fraction of sp³-hybridized carbons (Fsp3) is 0.733. The average Bonchev–Trinajstić information content (AvgIpc) is 2.87. The highest BCUT2D eigenvalue weighted by Crippen LogP contribution is 2.15. The van der Waals surface area contributed by atoms with E-state index in [4.69, 9.17) is 0 Å². The van der Waals surface area contributed by atoms with Gasteiger partial charge in [-0.05, 0) is 20.5 Å². The molecular formula is C15H31IN6. The van der Waals surface area contributed by atoms with E-state index >= 15 is 0 Å². The Morgan fingerprint density at radius 2 is 2.09 bits per heavy atom. The Labute approximate surface area is 151 Å². The first-order valence-corrected chi connectivity index (χ1v) is 7.68. The number of aliphatic imine (C=N–C) groups is 1. The van der Waals surface area contributed by atoms with Gasteiger partial charge in [-0.1, -0.05) is 19.8 Å². The summed E-state index contributed by atoms with van der Waals surface area (Å²) >= 11 is 0. The summed E-state index contributed by atoms with van der Waals surface area (Å²) < 4.78 is 1.84. The first kappa shape index (κ1) is 21.2. The van der Waals surface area contributed by atoms with E-state index in [1.807, 2.05) is 25.0 Å². The largest absolute Gasteiger partial charge is 0.356 e. The molecule has 1 aromatic rings. The van der Waals surface area contributed by atoms with Gasteiger partial charge in [0.15, 0.2) is 5.96 Å². The predicted octanol–water partition coefficient (Wildman–Crippen LogP) is 2.00. The molecule has 128 valence electrons. The number of aryl methyl sites for hydroxylation is 1. The number of hydrogen-bond acceptors (Lipinski definition) is 3. The number of guanidine groups is 1. The summed E-state index contributed by atoms with van der Waals surface area (Å²) in [5.74, 6) is 0.863. The summed E-state index contributed by atoms with van der Waals surface area (Å²) in [6.45, 7) is 3.97. The molecule has 0 aromatic carbocycles. The summed E-state index contributed by atoms with van der Waals surface area (Å²) in [5.41, 5.74) is 1.21. The fourth-order valence-electron chi connectivity index (χ4n) is 2.21. The lowest BCUT2D eigenvalue weighted by Crippen LogP contribution is -2.42. The third-order valence-corrected chi connectivity index (χ3v) is 3.49. The summed E-state index contributed by atoms with van der Waals surface area (Å²) in [5, 5.41) is 11.0. The van der Waals surface area contributed by atoms with Crippen LogP contribution in [0.3, 0.4) is 0 Å². The van der Waals surface area contributed by atoms with E-state index in [1.54, 1.807) is 0 Å². The van der Waals surface area contributed by atoms with Gasteiger partial charge in [0.25, 0.3) is 0 Å². The van der Waals surface area contributed by atoms with E-state index in [2.05, 4.69) is 52.8 Å². The zero-order chi connectivity index (χ0) is 15.7. The van der Waals surface area contributed by atoms with Crippen LogP contribution in [0.1, 0.15) is 37.8 Å². The van der Waals surface area contributed by atoms with Crippen LogP contribution in [0.4, 0.5) is 0 Å². The highest BCUT2D eigenvalue weighted by Gasteiger charge is 2.16. The van der Waals surface area contributed by atoms with Crippen molar-refractivity contribution in [1.29, 1.82) is 0 Å². The third-order valence-electron chi connectivity index (χ3n) is 3.49. The van der Waals surface area contributed by atoms with E-state index in [-0.39, 0.29) is 30.0 Å². The molecule has 22 heavy (non-hydrogen) atoms. The number of rotatable bonds is 8. The van der Waals surface area contributed by atoms with Crippen LogP contribution in [0.25, 0.3) is 0 Å². The summed E-state index contributed by atoms with van der Waals surface area (Å²) in [7, 11) is 7.91. The zero-order valence-corrected chi connectivity index (χ0v) is 16.8. The van der Waals surface area contributed by atoms with Crippen molar-refractivity contribution in [3.8, 4) is 0 Å². The van der Waals surface area contributed by atoms with E-state index in [0.717, 1.165) is 19.0 Å². The molecule has 0 amide bonds. The van der Waals surface area contributed by atoms with Crippen molar-refractivity contribution in [3.05, 3.63) is 18.0 Å². The second-order valence-electron chi connectivity index (χ2n) is 5.51. The number of hydrogen-bond donors (Lipinski definition) is 2. The lowest BCUT2D eigenvalue weighted by atomic mass is 10.1. The molecule has 0 aliphatic carbocycles. The third kappa shape index (κ3) is 7.44. The second-order valence-corrected chi connectivity index (χ2v) is 5.51. The number of aromatic nitrogens is 2. The van der Waals surface area contributed by atoms with Gasteiger partial charge in [0.05, 0.1) is 12.2 Å². The highest BCUT2D eigenvalue weighted by atomic mass is 127. The summed E-state index contributed by atoms with van der Waals surface area (Å²) in [4.78, 5) is 6.46. The first-order valence-electron chi connectivity index (χ1n) is 7.68. The highest BCUT2D eigenvalue weighted by molar-refractivity contribution is 14.0. The van der Waals surface area contributed by atoms with Gasteiger partial charge >= 0.3 is 0 Å². The molecule has 7 heteroatoms. The molecule has 2 N–H and O–H groups in total. The lowest BCUT2D eigenvalue weighted by molar-refractivity contribution is 0.298. The SMILES string of the molecule is CCCCCNC(=NC)NCC(c1cnn(C)c1)N(C)C.I. The standard InChI is InChI=1S/C15H30N6.HI/c1-6-7-8-9-17-15(16-2)18-11-14(20(3)4)13-10-19-21(5)12-13;/h10,12,14H,6-9,11H2,1-5H3,(H2,16,17,18);1H. The number of likely N-dealkylation sites (N-methyl/N-ethyl adjacent to an activating group) is 1. The predicted molar refractivity (Wildman–Crippen MR) is 104 cm³/mol. The molecule has 1 heterocycles. The fourth-order valence-corrected chi connectivity index (χ4v) is 2.21. The molecule has 0 aliphatic rings. The van der Waals surface area contributed by atoms with Crippen molar-refractivity contribution in [2.24, 2.45) is 12.0 Å². The number of unbranched alkanes of at least 4 members (excludes halogenated alkanes) is 2. The molecule has 0 saturated heterocycles. The molecule has 0 bridgehead atoms. The van der Waals surface area contributed by atoms with Gasteiger partial charge in [-0.15, -0.1) is 24.0 Å². The molecule has 0 saturated carbocycles. The number of nitrogens with one attached hydrogen (secondary N) is 2. The Morgan fingerprint density at radius 3 is 2.59 bits per heavy atom. The average molecular weight is 422 g/mol. The van der Waals surface area contributed by atoms with Crippen molar-refractivity contribution in [2.75, 3.05) is 34.2 Å². The minimum absolute atomic E-state index is 0. The molecule has 6 nitrogen and oxygen atoms in total. The summed E-state index contributed by atoms with van der Waals surface area (Å²) in [6.07, 6.45) is 7.64. The molecule has 1 aromatic heterocycles. The van der Waals surface area contributed by atoms with E-state index in [1.165, 1.54) is 24.8 Å². The van der Waals surface area contributed by atoms with Crippen molar-refractivity contribution < 1.29 is 0 Å². The van der Waals surface area contributed by atoms with Gasteiger partial charge < -0.3 is 15.5 Å². The van der Waals surface area contributed by atoms with E-state index < -0.39 is 0 Å². The minimum Gasteiger partial charge on any atom is -0.356 e.